The summed E-state index contributed by atoms with van der Waals surface area (Å²) in [5, 5.41) is 0. The molecule has 1 aromatic rings. The third-order valence-electron chi connectivity index (χ3n) is 2.28. The Bertz CT molecular complexity index is 261. The molecule has 0 saturated carbocycles. The maximum absolute atomic E-state index is 13.1. The van der Waals surface area contributed by atoms with Gasteiger partial charge in [0, 0.05) is 0 Å². The van der Waals surface area contributed by atoms with E-state index in [0.717, 1.165) is 11.1 Å². The smallest absolute Gasteiger partial charge is 0.123 e. The van der Waals surface area contributed by atoms with E-state index in [1.165, 1.54) is 0 Å². The lowest BCUT2D eigenvalue weighted by Gasteiger charge is -2.11. The van der Waals surface area contributed by atoms with Crippen LogP contribution in [0.5, 0.6) is 0 Å². The Morgan fingerprint density at radius 1 is 0.846 bits per heavy atom. The van der Waals surface area contributed by atoms with Gasteiger partial charge in [-0.15, -0.1) is 0 Å². The molecule has 0 fully saturated rings. The van der Waals surface area contributed by atoms with E-state index in [9.17, 15) is 4.39 Å². The molecule has 13 heavy (non-hydrogen) atoms. The summed E-state index contributed by atoms with van der Waals surface area (Å²) < 4.78 is 13.1. The van der Waals surface area contributed by atoms with Crippen molar-refractivity contribution in [3.8, 4) is 0 Å². The van der Waals surface area contributed by atoms with Crippen LogP contribution in [0.4, 0.5) is 4.39 Å². The highest BCUT2D eigenvalue weighted by Gasteiger charge is 2.06. The van der Waals surface area contributed by atoms with Crippen LogP contribution in [0.15, 0.2) is 18.2 Å². The summed E-state index contributed by atoms with van der Waals surface area (Å²) in [5.74, 6) is 0.677. The molecule has 0 heterocycles. The lowest BCUT2D eigenvalue weighted by Crippen LogP contribution is -1.94. The topological polar surface area (TPSA) is 0 Å². The quantitative estimate of drug-likeness (QED) is 0.643. The predicted molar refractivity (Wildman–Crippen MR) is 54.6 cm³/mol. The van der Waals surface area contributed by atoms with Gasteiger partial charge in [0.05, 0.1) is 0 Å². The molecule has 1 rings (SSSR count). The Balaban J connectivity index is 3.11. The van der Waals surface area contributed by atoms with Crippen LogP contribution in [-0.2, 0) is 0 Å². The summed E-state index contributed by atoms with van der Waals surface area (Å²) in [6.45, 7) is 8.33. The highest BCUT2D eigenvalue weighted by Crippen LogP contribution is 2.22. The Morgan fingerprint density at radius 2 is 1.23 bits per heavy atom. The molecule has 0 bridgehead atoms. The lowest BCUT2D eigenvalue weighted by atomic mass is 9.96. The van der Waals surface area contributed by atoms with Gasteiger partial charge in [0.15, 0.2) is 0 Å². The first-order valence-electron chi connectivity index (χ1n) is 4.81. The largest absolute Gasteiger partial charge is 0.207 e. The number of hydrogen-bond acceptors (Lipinski definition) is 0. The van der Waals surface area contributed by atoms with Crippen LogP contribution < -0.4 is 0 Å². The Kier molecular flexibility index (Phi) is 3.07. The number of hydrogen-bond donors (Lipinski definition) is 0. The van der Waals surface area contributed by atoms with Crippen molar-refractivity contribution in [1.82, 2.24) is 0 Å². The normalized spacial score (nSPS) is 11.3. The molecule has 0 saturated heterocycles. The van der Waals surface area contributed by atoms with Crippen LogP contribution in [0, 0.1) is 5.82 Å². The van der Waals surface area contributed by atoms with Crippen molar-refractivity contribution in [3.63, 3.8) is 0 Å². The zero-order valence-corrected chi connectivity index (χ0v) is 8.76. The first kappa shape index (κ1) is 10.2. The van der Waals surface area contributed by atoms with Gasteiger partial charge in [-0.05, 0) is 35.1 Å². The van der Waals surface area contributed by atoms with Crippen molar-refractivity contribution in [3.05, 3.63) is 35.1 Å². The van der Waals surface area contributed by atoms with Crippen molar-refractivity contribution < 1.29 is 4.39 Å². The third-order valence-corrected chi connectivity index (χ3v) is 2.28. The van der Waals surface area contributed by atoms with Crippen LogP contribution in [0.2, 0.25) is 0 Å². The summed E-state index contributed by atoms with van der Waals surface area (Å²) in [6, 6.07) is 5.34. The van der Waals surface area contributed by atoms with Crippen molar-refractivity contribution >= 4 is 0 Å². The predicted octanol–water partition coefficient (Wildman–Crippen LogP) is 4.07. The fourth-order valence-corrected chi connectivity index (χ4v) is 1.30. The number of benzene rings is 1. The second kappa shape index (κ2) is 3.91. The molecule has 0 N–H and O–H groups in total. The average molecular weight is 180 g/mol. The Labute approximate surface area is 79.8 Å². The van der Waals surface area contributed by atoms with Gasteiger partial charge in [0.2, 0.25) is 0 Å². The molecule has 1 heteroatoms. The van der Waals surface area contributed by atoms with E-state index in [1.807, 2.05) is 0 Å². The molecule has 72 valence electrons. The molecule has 0 unspecified atom stereocenters. The average Bonchev–Trinajstić information content (AvgIpc) is 2.03. The maximum atomic E-state index is 13.1. The molecular weight excluding hydrogens is 163 g/mol. The molecule has 1 aromatic carbocycles. The molecule has 0 aromatic heterocycles. The van der Waals surface area contributed by atoms with Gasteiger partial charge < -0.3 is 0 Å². The van der Waals surface area contributed by atoms with Crippen LogP contribution in [0.25, 0.3) is 0 Å². The molecule has 0 spiro atoms. The van der Waals surface area contributed by atoms with E-state index in [4.69, 9.17) is 0 Å². The third kappa shape index (κ3) is 2.55. The van der Waals surface area contributed by atoms with Gasteiger partial charge in [-0.1, -0.05) is 33.8 Å². The van der Waals surface area contributed by atoms with Gasteiger partial charge in [-0.25, -0.2) is 4.39 Å². The highest BCUT2D eigenvalue weighted by molar-refractivity contribution is 5.28. The zero-order valence-electron chi connectivity index (χ0n) is 8.76. The van der Waals surface area contributed by atoms with Gasteiger partial charge in [0.25, 0.3) is 0 Å². The molecule has 0 aliphatic heterocycles. The monoisotopic (exact) mass is 180 g/mol. The van der Waals surface area contributed by atoms with E-state index in [-0.39, 0.29) is 5.82 Å². The Morgan fingerprint density at radius 3 is 1.54 bits per heavy atom. The maximum Gasteiger partial charge on any atom is 0.123 e. The van der Waals surface area contributed by atoms with Crippen molar-refractivity contribution in [2.45, 2.75) is 39.5 Å². The molecule has 0 nitrogen and oxygen atoms in total. The first-order chi connectivity index (χ1) is 6.00. The number of halogens is 1. The van der Waals surface area contributed by atoms with Crippen LogP contribution in [0.3, 0.4) is 0 Å². The molecule has 0 aliphatic carbocycles. The number of rotatable bonds is 2. The minimum atomic E-state index is -0.116. The van der Waals surface area contributed by atoms with Gasteiger partial charge >= 0.3 is 0 Å². The summed E-state index contributed by atoms with van der Waals surface area (Å²) in [6.07, 6.45) is 0. The van der Waals surface area contributed by atoms with E-state index in [2.05, 4.69) is 33.8 Å². The molecule has 0 radical (unpaired) electrons. The second-order valence-electron chi connectivity index (χ2n) is 4.13. The van der Waals surface area contributed by atoms with Crippen LogP contribution in [0.1, 0.15) is 50.7 Å². The summed E-state index contributed by atoms with van der Waals surface area (Å²) in [7, 11) is 0. The summed E-state index contributed by atoms with van der Waals surface area (Å²) in [4.78, 5) is 0. The molecular formula is C12H17F. The summed E-state index contributed by atoms with van der Waals surface area (Å²) >= 11 is 0. The fraction of sp³-hybridized carbons (Fsp3) is 0.500. The van der Waals surface area contributed by atoms with E-state index in [0.29, 0.717) is 11.8 Å². The lowest BCUT2D eigenvalue weighted by molar-refractivity contribution is 0.618. The molecule has 0 aliphatic rings. The molecule has 0 atom stereocenters. The van der Waals surface area contributed by atoms with Crippen LogP contribution in [-0.4, -0.2) is 0 Å². The SMILES string of the molecule is CC(C)c1cc(F)cc(C(C)C)c1. The van der Waals surface area contributed by atoms with E-state index in [1.54, 1.807) is 12.1 Å². The van der Waals surface area contributed by atoms with Gasteiger partial charge in [-0.3, -0.25) is 0 Å². The van der Waals surface area contributed by atoms with Crippen LogP contribution >= 0.6 is 0 Å². The first-order valence-corrected chi connectivity index (χ1v) is 4.81. The molecule has 0 amide bonds. The van der Waals surface area contributed by atoms with Gasteiger partial charge in [-0.2, -0.15) is 0 Å². The Hall–Kier alpha value is -0.850. The van der Waals surface area contributed by atoms with Gasteiger partial charge in [0.1, 0.15) is 5.82 Å². The zero-order chi connectivity index (χ0) is 10.0. The van der Waals surface area contributed by atoms with E-state index < -0.39 is 0 Å². The minimum absolute atomic E-state index is 0.116. The van der Waals surface area contributed by atoms with Crippen molar-refractivity contribution in [2.24, 2.45) is 0 Å². The van der Waals surface area contributed by atoms with Crippen molar-refractivity contribution in [1.29, 1.82) is 0 Å². The highest BCUT2D eigenvalue weighted by atomic mass is 19.1. The van der Waals surface area contributed by atoms with Crippen molar-refractivity contribution in [2.75, 3.05) is 0 Å². The summed E-state index contributed by atoms with van der Waals surface area (Å²) in [5.41, 5.74) is 2.17. The standard InChI is InChI=1S/C12H17F/c1-8(2)10-5-11(9(3)4)7-12(13)6-10/h5-9H,1-4H3. The fourth-order valence-electron chi connectivity index (χ4n) is 1.30. The minimum Gasteiger partial charge on any atom is -0.207 e. The second-order valence-corrected chi connectivity index (χ2v) is 4.13. The van der Waals surface area contributed by atoms with E-state index >= 15 is 0 Å².